The summed E-state index contributed by atoms with van der Waals surface area (Å²) < 4.78 is 5.84. The molecule has 30 heavy (non-hydrogen) atoms. The van der Waals surface area contributed by atoms with Crippen LogP contribution < -0.4 is 0 Å². The van der Waals surface area contributed by atoms with E-state index >= 15 is 0 Å². The van der Waals surface area contributed by atoms with E-state index in [9.17, 15) is 24.9 Å². The van der Waals surface area contributed by atoms with Gasteiger partial charge in [0, 0.05) is 12.3 Å². The molecule has 4 N–H and O–H groups in total. The molecule has 0 bridgehead atoms. The Labute approximate surface area is 178 Å². The standard InChI is InChI=1S/C23H36O7/c1-4-13(2)23(29)30-20-11-17(25)9-15-6-5-14(3)19(22(15)20)8-7-16(24)10-18(26)12-21(27)28/h5-6,9,13-14,16-20,22,24-26H,4,7-8,10-12H2,1-3H3,(H,27,28)/t13-,14+,16+,17+,18+,19-,20-,22?/m0/s1. The third kappa shape index (κ3) is 6.65. The van der Waals surface area contributed by atoms with E-state index < -0.39 is 30.4 Å². The molecule has 170 valence electrons. The Balaban J connectivity index is 2.09. The van der Waals surface area contributed by atoms with Gasteiger partial charge in [0.1, 0.15) is 6.10 Å². The zero-order valence-corrected chi connectivity index (χ0v) is 18.1. The fourth-order valence-electron chi connectivity index (χ4n) is 4.52. The number of carboxylic acids is 1. The summed E-state index contributed by atoms with van der Waals surface area (Å²) in [7, 11) is 0. The van der Waals surface area contributed by atoms with Crippen LogP contribution in [0.1, 0.15) is 59.3 Å². The smallest absolute Gasteiger partial charge is 0.308 e. The second-order valence-electron chi connectivity index (χ2n) is 8.88. The van der Waals surface area contributed by atoms with Crippen LogP contribution in [0.3, 0.4) is 0 Å². The minimum absolute atomic E-state index is 0.0156. The number of hydrogen-bond acceptors (Lipinski definition) is 6. The first-order valence-corrected chi connectivity index (χ1v) is 11.0. The number of carbonyl (C=O) groups excluding carboxylic acids is 1. The average molecular weight is 425 g/mol. The first kappa shape index (κ1) is 24.6. The van der Waals surface area contributed by atoms with Gasteiger partial charge in [-0.2, -0.15) is 0 Å². The summed E-state index contributed by atoms with van der Waals surface area (Å²) in [6.07, 6.45) is 4.64. The fourth-order valence-corrected chi connectivity index (χ4v) is 4.52. The Morgan fingerprint density at radius 3 is 2.60 bits per heavy atom. The van der Waals surface area contributed by atoms with E-state index in [4.69, 9.17) is 9.84 Å². The van der Waals surface area contributed by atoms with Gasteiger partial charge in [-0.1, -0.05) is 39.0 Å². The molecule has 7 heteroatoms. The lowest BCUT2D eigenvalue weighted by molar-refractivity contribution is -0.159. The van der Waals surface area contributed by atoms with Crippen LogP contribution in [-0.4, -0.2) is 56.8 Å². The Hall–Kier alpha value is -1.70. The van der Waals surface area contributed by atoms with Crippen molar-refractivity contribution in [3.63, 3.8) is 0 Å². The highest BCUT2D eigenvalue weighted by Gasteiger charge is 2.42. The highest BCUT2D eigenvalue weighted by molar-refractivity contribution is 5.72. The number of aliphatic carboxylic acids is 1. The molecule has 0 aliphatic heterocycles. The van der Waals surface area contributed by atoms with Gasteiger partial charge in [-0.25, -0.2) is 0 Å². The van der Waals surface area contributed by atoms with Gasteiger partial charge in [-0.05, 0) is 43.1 Å². The molecule has 0 aromatic rings. The minimum Gasteiger partial charge on any atom is -0.481 e. The summed E-state index contributed by atoms with van der Waals surface area (Å²) in [6, 6.07) is 0. The quantitative estimate of drug-likeness (QED) is 0.397. The van der Waals surface area contributed by atoms with E-state index in [1.54, 1.807) is 0 Å². The summed E-state index contributed by atoms with van der Waals surface area (Å²) in [6.45, 7) is 5.85. The fraction of sp³-hybridized carbons (Fsp3) is 0.739. The van der Waals surface area contributed by atoms with Crippen molar-refractivity contribution in [1.29, 1.82) is 0 Å². The minimum atomic E-state index is -1.10. The topological polar surface area (TPSA) is 124 Å². The van der Waals surface area contributed by atoms with E-state index in [1.807, 2.05) is 26.0 Å². The molecule has 1 unspecified atom stereocenters. The van der Waals surface area contributed by atoms with Crippen molar-refractivity contribution in [1.82, 2.24) is 0 Å². The molecule has 0 fully saturated rings. The molecule has 8 atom stereocenters. The second kappa shape index (κ2) is 11.1. The van der Waals surface area contributed by atoms with Crippen LogP contribution in [0.5, 0.6) is 0 Å². The summed E-state index contributed by atoms with van der Waals surface area (Å²) in [5.74, 6) is -1.31. The van der Waals surface area contributed by atoms with Crippen LogP contribution in [0.4, 0.5) is 0 Å². The van der Waals surface area contributed by atoms with Gasteiger partial charge in [-0.15, -0.1) is 0 Å². The molecule has 7 nitrogen and oxygen atoms in total. The summed E-state index contributed by atoms with van der Waals surface area (Å²) in [4.78, 5) is 23.1. The lowest BCUT2D eigenvalue weighted by Crippen LogP contribution is -2.43. The van der Waals surface area contributed by atoms with Crippen molar-refractivity contribution >= 4 is 11.9 Å². The molecule has 2 rings (SSSR count). The maximum atomic E-state index is 12.4. The summed E-state index contributed by atoms with van der Waals surface area (Å²) in [5.41, 5.74) is 0.958. The summed E-state index contributed by atoms with van der Waals surface area (Å²) >= 11 is 0. The van der Waals surface area contributed by atoms with Crippen molar-refractivity contribution < 1.29 is 34.8 Å². The van der Waals surface area contributed by atoms with E-state index in [2.05, 4.69) is 13.0 Å². The Kier molecular flexibility index (Phi) is 9.07. The van der Waals surface area contributed by atoms with Crippen molar-refractivity contribution in [2.75, 3.05) is 0 Å². The molecule has 0 saturated carbocycles. The third-order valence-corrected chi connectivity index (χ3v) is 6.44. The molecule has 2 aliphatic carbocycles. The summed E-state index contributed by atoms with van der Waals surface area (Å²) in [5, 5.41) is 39.1. The molecule has 0 aromatic carbocycles. The molecular formula is C23H36O7. The molecule has 0 aromatic heterocycles. The van der Waals surface area contributed by atoms with E-state index in [1.165, 1.54) is 0 Å². The molecule has 2 aliphatic rings. The van der Waals surface area contributed by atoms with Crippen LogP contribution in [0.15, 0.2) is 23.8 Å². The zero-order chi connectivity index (χ0) is 22.4. The predicted molar refractivity (Wildman–Crippen MR) is 111 cm³/mol. The van der Waals surface area contributed by atoms with Crippen LogP contribution in [-0.2, 0) is 14.3 Å². The van der Waals surface area contributed by atoms with Crippen LogP contribution in [0.25, 0.3) is 0 Å². The molecule has 0 spiro atoms. The SMILES string of the molecule is CC[C@H](C)C(=O)O[C@H]1C[C@H](O)C=C2C=C[C@@H](C)[C@H](CC[C@@H](O)C[C@@H](O)CC(=O)O)C21. The lowest BCUT2D eigenvalue weighted by atomic mass is 9.66. The van der Waals surface area contributed by atoms with Crippen LogP contribution in [0.2, 0.25) is 0 Å². The lowest BCUT2D eigenvalue weighted by Gasteiger charge is -2.43. The van der Waals surface area contributed by atoms with Crippen molar-refractivity contribution in [2.45, 2.75) is 83.7 Å². The normalized spacial score (nSPS) is 31.3. The second-order valence-corrected chi connectivity index (χ2v) is 8.88. The van der Waals surface area contributed by atoms with Gasteiger partial charge in [0.15, 0.2) is 0 Å². The van der Waals surface area contributed by atoms with E-state index in [-0.39, 0.29) is 42.5 Å². The van der Waals surface area contributed by atoms with Crippen LogP contribution in [0, 0.1) is 23.7 Å². The molecular weight excluding hydrogens is 388 g/mol. The highest BCUT2D eigenvalue weighted by atomic mass is 16.5. The number of carboxylic acid groups (broad SMARTS) is 1. The van der Waals surface area contributed by atoms with Crippen LogP contribution >= 0.6 is 0 Å². The van der Waals surface area contributed by atoms with Gasteiger partial charge in [0.25, 0.3) is 0 Å². The van der Waals surface area contributed by atoms with E-state index in [0.29, 0.717) is 25.7 Å². The number of fused-ring (bicyclic) bond motifs is 1. The number of hydrogen-bond donors (Lipinski definition) is 4. The van der Waals surface area contributed by atoms with Crippen molar-refractivity contribution in [2.24, 2.45) is 23.7 Å². The first-order valence-electron chi connectivity index (χ1n) is 11.0. The average Bonchev–Trinajstić information content (AvgIpc) is 2.65. The number of rotatable bonds is 10. The number of allylic oxidation sites excluding steroid dienone is 2. The number of ether oxygens (including phenoxy) is 1. The van der Waals surface area contributed by atoms with Crippen molar-refractivity contribution in [3.05, 3.63) is 23.8 Å². The maximum absolute atomic E-state index is 12.4. The molecule has 0 heterocycles. The van der Waals surface area contributed by atoms with Gasteiger partial charge in [0.05, 0.1) is 30.7 Å². The van der Waals surface area contributed by atoms with Gasteiger partial charge in [0.2, 0.25) is 0 Å². The van der Waals surface area contributed by atoms with Crippen molar-refractivity contribution in [3.8, 4) is 0 Å². The predicted octanol–water partition coefficient (Wildman–Crippen LogP) is 2.44. The zero-order valence-electron chi connectivity index (χ0n) is 18.1. The Bertz CT molecular complexity index is 656. The molecule has 0 radical (unpaired) electrons. The van der Waals surface area contributed by atoms with Gasteiger partial charge >= 0.3 is 11.9 Å². The first-order chi connectivity index (χ1) is 14.1. The Morgan fingerprint density at radius 1 is 1.27 bits per heavy atom. The monoisotopic (exact) mass is 424 g/mol. The molecule has 0 amide bonds. The van der Waals surface area contributed by atoms with E-state index in [0.717, 1.165) is 5.57 Å². The number of esters is 1. The highest BCUT2D eigenvalue weighted by Crippen LogP contribution is 2.44. The third-order valence-electron chi connectivity index (χ3n) is 6.44. The Morgan fingerprint density at radius 2 is 1.97 bits per heavy atom. The maximum Gasteiger partial charge on any atom is 0.308 e. The molecule has 0 saturated heterocycles. The number of aliphatic hydroxyl groups is 3. The number of aliphatic hydroxyl groups excluding tert-OH is 3. The largest absolute Gasteiger partial charge is 0.481 e. The van der Waals surface area contributed by atoms with Gasteiger partial charge < -0.3 is 25.2 Å². The number of carbonyl (C=O) groups is 2. The van der Waals surface area contributed by atoms with Gasteiger partial charge in [-0.3, -0.25) is 9.59 Å².